The molecule has 3 atom stereocenters. The fraction of sp³-hybridized carbons (Fsp3) is 1.00. The molecule has 0 saturated heterocycles. The molecule has 110 valence electrons. The summed E-state index contributed by atoms with van der Waals surface area (Å²) < 4.78 is 0. The first-order valence-corrected chi connectivity index (χ1v) is 8.60. The molecule has 0 rings (SSSR count). The van der Waals surface area contributed by atoms with Gasteiger partial charge in [-0.15, -0.1) is 0 Å². The second-order valence-electron chi connectivity index (χ2n) is 6.77. The molecule has 0 N–H and O–H groups in total. The zero-order chi connectivity index (χ0) is 13.8. The summed E-state index contributed by atoms with van der Waals surface area (Å²) in [4.78, 5) is 0. The van der Waals surface area contributed by atoms with Crippen molar-refractivity contribution >= 4 is 0 Å². The summed E-state index contributed by atoms with van der Waals surface area (Å²) in [6.45, 7) is 11.9. The van der Waals surface area contributed by atoms with Crippen molar-refractivity contribution in [3.8, 4) is 0 Å². The van der Waals surface area contributed by atoms with Gasteiger partial charge in [0, 0.05) is 0 Å². The molecule has 0 spiro atoms. The van der Waals surface area contributed by atoms with Crippen LogP contribution >= 0.6 is 0 Å². The molecule has 0 fully saturated rings. The third-order valence-electron chi connectivity index (χ3n) is 4.26. The van der Waals surface area contributed by atoms with Crippen molar-refractivity contribution in [1.82, 2.24) is 0 Å². The first-order valence-electron chi connectivity index (χ1n) is 8.60. The normalized spacial score (nSPS) is 16.5. The van der Waals surface area contributed by atoms with E-state index in [1.807, 2.05) is 0 Å². The van der Waals surface area contributed by atoms with Crippen LogP contribution in [0.25, 0.3) is 0 Å². The van der Waals surface area contributed by atoms with E-state index in [0.29, 0.717) is 0 Å². The van der Waals surface area contributed by atoms with Crippen LogP contribution in [0.4, 0.5) is 0 Å². The smallest absolute Gasteiger partial charge is 0.0440 e. The second kappa shape index (κ2) is 12.1. The highest BCUT2D eigenvalue weighted by Gasteiger charge is 2.08. The van der Waals surface area contributed by atoms with E-state index < -0.39 is 0 Å². The van der Waals surface area contributed by atoms with Crippen molar-refractivity contribution in [2.45, 2.75) is 98.8 Å². The molecule has 0 aromatic rings. The fourth-order valence-electron chi connectivity index (χ4n) is 3.21. The van der Waals surface area contributed by atoms with Crippen LogP contribution in [0, 0.1) is 17.8 Å². The van der Waals surface area contributed by atoms with Crippen molar-refractivity contribution in [2.24, 2.45) is 17.8 Å². The first-order chi connectivity index (χ1) is 8.60. The van der Waals surface area contributed by atoms with Gasteiger partial charge in [0.2, 0.25) is 0 Å². The van der Waals surface area contributed by atoms with Gasteiger partial charge in [-0.2, -0.15) is 0 Å². The van der Waals surface area contributed by atoms with Crippen LogP contribution in [-0.4, -0.2) is 0 Å². The molecule has 0 heterocycles. The van der Waals surface area contributed by atoms with Gasteiger partial charge in [-0.05, 0) is 24.2 Å². The minimum atomic E-state index is 0.939. The van der Waals surface area contributed by atoms with Crippen LogP contribution in [0.1, 0.15) is 98.8 Å². The third kappa shape index (κ3) is 11.1. The maximum absolute atomic E-state index is 2.45. The highest BCUT2D eigenvalue weighted by Crippen LogP contribution is 2.22. The van der Waals surface area contributed by atoms with Crippen LogP contribution in [0.15, 0.2) is 0 Å². The predicted octanol–water partition coefficient (Wildman–Crippen LogP) is 6.84. The van der Waals surface area contributed by atoms with Gasteiger partial charge in [-0.25, -0.2) is 0 Å². The van der Waals surface area contributed by atoms with Crippen molar-refractivity contribution in [2.75, 3.05) is 0 Å². The zero-order valence-electron chi connectivity index (χ0n) is 13.8. The van der Waals surface area contributed by atoms with E-state index in [1.165, 1.54) is 64.2 Å². The maximum atomic E-state index is 2.45. The highest BCUT2D eigenvalue weighted by molar-refractivity contribution is 4.60. The minimum Gasteiger partial charge on any atom is -0.0654 e. The van der Waals surface area contributed by atoms with Gasteiger partial charge in [0.1, 0.15) is 0 Å². The molecule has 0 amide bonds. The molecule has 0 aromatic carbocycles. The Labute approximate surface area is 117 Å². The van der Waals surface area contributed by atoms with Crippen molar-refractivity contribution in [3.05, 3.63) is 0 Å². The molecule has 18 heavy (non-hydrogen) atoms. The lowest BCUT2D eigenvalue weighted by atomic mass is 9.90. The topological polar surface area (TPSA) is 0 Å². The molecule has 0 aromatic heterocycles. The summed E-state index contributed by atoms with van der Waals surface area (Å²) in [5, 5.41) is 0. The van der Waals surface area contributed by atoms with Crippen LogP contribution in [0.3, 0.4) is 0 Å². The first kappa shape index (κ1) is 18.0. The molecule has 0 saturated carbocycles. The Bertz CT molecular complexity index is 161. The molecule has 0 bridgehead atoms. The monoisotopic (exact) mass is 254 g/mol. The van der Waals surface area contributed by atoms with E-state index >= 15 is 0 Å². The molecule has 0 aliphatic rings. The minimum absolute atomic E-state index is 0.939. The van der Waals surface area contributed by atoms with Crippen LogP contribution in [0.2, 0.25) is 0 Å². The predicted molar refractivity (Wildman–Crippen MR) is 85.0 cm³/mol. The fourth-order valence-corrected chi connectivity index (χ4v) is 3.21. The Morgan fingerprint density at radius 3 is 1.56 bits per heavy atom. The largest absolute Gasteiger partial charge is 0.0654 e. The van der Waals surface area contributed by atoms with Crippen molar-refractivity contribution in [1.29, 1.82) is 0 Å². The molecular formula is C18H38. The van der Waals surface area contributed by atoms with Gasteiger partial charge in [0.05, 0.1) is 0 Å². The van der Waals surface area contributed by atoms with Gasteiger partial charge in [0.25, 0.3) is 0 Å². The van der Waals surface area contributed by atoms with E-state index in [4.69, 9.17) is 0 Å². The van der Waals surface area contributed by atoms with E-state index in [1.54, 1.807) is 0 Å². The molecule has 0 heteroatoms. The van der Waals surface area contributed by atoms with Gasteiger partial charge in [0.15, 0.2) is 0 Å². The SMILES string of the molecule is CCCC(C)CCCCCC(C)CC(C)CCC. The van der Waals surface area contributed by atoms with E-state index in [0.717, 1.165) is 17.8 Å². The summed E-state index contributed by atoms with van der Waals surface area (Å²) >= 11 is 0. The van der Waals surface area contributed by atoms with Crippen LogP contribution < -0.4 is 0 Å². The van der Waals surface area contributed by atoms with E-state index in [2.05, 4.69) is 34.6 Å². The Hall–Kier alpha value is 0. The number of hydrogen-bond donors (Lipinski definition) is 0. The molecule has 3 unspecified atom stereocenters. The molecular weight excluding hydrogens is 216 g/mol. The Morgan fingerprint density at radius 1 is 0.556 bits per heavy atom. The molecule has 0 radical (unpaired) electrons. The summed E-state index contributed by atoms with van der Waals surface area (Å²) in [5.41, 5.74) is 0. The standard InChI is InChI=1S/C18H38/c1-6-11-16(3)13-9-8-10-14-18(5)15-17(4)12-7-2/h16-18H,6-15H2,1-5H3. The average molecular weight is 255 g/mol. The lowest BCUT2D eigenvalue weighted by Crippen LogP contribution is -2.03. The summed E-state index contributed by atoms with van der Waals surface area (Å²) in [6.07, 6.45) is 14.3. The van der Waals surface area contributed by atoms with Crippen LogP contribution in [-0.2, 0) is 0 Å². The maximum Gasteiger partial charge on any atom is -0.0440 e. The van der Waals surface area contributed by atoms with Gasteiger partial charge >= 0.3 is 0 Å². The lowest BCUT2D eigenvalue weighted by Gasteiger charge is -2.16. The Morgan fingerprint density at radius 2 is 1.00 bits per heavy atom. The van der Waals surface area contributed by atoms with Gasteiger partial charge in [-0.3, -0.25) is 0 Å². The summed E-state index contributed by atoms with van der Waals surface area (Å²) in [5.74, 6) is 2.84. The molecule has 0 aliphatic heterocycles. The number of unbranched alkanes of at least 4 members (excludes halogenated alkanes) is 2. The van der Waals surface area contributed by atoms with E-state index in [-0.39, 0.29) is 0 Å². The van der Waals surface area contributed by atoms with Crippen LogP contribution in [0.5, 0.6) is 0 Å². The van der Waals surface area contributed by atoms with Crippen molar-refractivity contribution < 1.29 is 0 Å². The molecule has 0 aliphatic carbocycles. The second-order valence-corrected chi connectivity index (χ2v) is 6.77. The lowest BCUT2D eigenvalue weighted by molar-refractivity contribution is 0.361. The van der Waals surface area contributed by atoms with Gasteiger partial charge < -0.3 is 0 Å². The average Bonchev–Trinajstić information content (AvgIpc) is 2.29. The number of hydrogen-bond acceptors (Lipinski definition) is 0. The number of rotatable bonds is 12. The summed E-state index contributed by atoms with van der Waals surface area (Å²) in [6, 6.07) is 0. The Balaban J connectivity index is 3.37. The third-order valence-corrected chi connectivity index (χ3v) is 4.26. The zero-order valence-corrected chi connectivity index (χ0v) is 13.8. The highest BCUT2D eigenvalue weighted by atomic mass is 14.1. The molecule has 0 nitrogen and oxygen atoms in total. The Kier molecular flexibility index (Phi) is 12.1. The van der Waals surface area contributed by atoms with Crippen molar-refractivity contribution in [3.63, 3.8) is 0 Å². The van der Waals surface area contributed by atoms with Gasteiger partial charge in [-0.1, -0.05) is 92.4 Å². The quantitative estimate of drug-likeness (QED) is 0.335. The van der Waals surface area contributed by atoms with E-state index in [9.17, 15) is 0 Å². The summed E-state index contributed by atoms with van der Waals surface area (Å²) in [7, 11) is 0.